The first-order chi connectivity index (χ1) is 2.27. The minimum atomic E-state index is -0.560. The molecule has 0 amide bonds. The van der Waals surface area contributed by atoms with Gasteiger partial charge in [-0.25, -0.2) is 0 Å². The molecule has 0 spiro atoms. The molecule has 0 aliphatic heterocycles. The first-order valence-corrected chi connectivity index (χ1v) is 1.56. The van der Waals surface area contributed by atoms with Gasteiger partial charge in [-0.2, -0.15) is 0 Å². The fourth-order valence-corrected chi connectivity index (χ4v) is 0. The van der Waals surface area contributed by atoms with Crippen LogP contribution in [-0.2, 0) is 26.2 Å². The van der Waals surface area contributed by atoms with Crippen molar-refractivity contribution in [2.45, 2.75) is 13.0 Å². The molecule has 4 N–H and O–H groups in total. The average Bonchev–Trinajstić information content (AvgIpc) is 1.38. The Bertz CT molecular complexity index is 28.5. The van der Waals surface area contributed by atoms with E-state index in [0.29, 0.717) is 0 Å². The largest absolute Gasteiger partial charge is 0.412 e. The summed E-state index contributed by atoms with van der Waals surface area (Å²) in [4.78, 5) is 0. The predicted octanol–water partition coefficient (Wildman–Crippen LogP) is -2.38. The maximum absolute atomic E-state index is 8.11. The van der Waals surface area contributed by atoms with Crippen molar-refractivity contribution in [2.75, 3.05) is 6.61 Å². The molecular weight excluding hydrogens is 202 g/mol. The Morgan fingerprint density at radius 2 is 1.62 bits per heavy atom. The molecule has 8 heavy (non-hydrogen) atoms. The third-order valence-corrected chi connectivity index (χ3v) is 0.264. The summed E-state index contributed by atoms with van der Waals surface area (Å²) in [5.41, 5.74) is 0. The van der Waals surface area contributed by atoms with Crippen molar-refractivity contribution in [2.24, 2.45) is 0 Å². The van der Waals surface area contributed by atoms with Crippen molar-refractivity contribution in [1.29, 1.82) is 0 Å². The fourth-order valence-electron chi connectivity index (χ4n) is 0. The van der Waals surface area contributed by atoms with E-state index in [1.165, 1.54) is 6.92 Å². The molecule has 1 unspecified atom stereocenters. The number of hydrogen-bond acceptors (Lipinski definition) is 2. The van der Waals surface area contributed by atoms with Gasteiger partial charge in [-0.05, 0) is 6.92 Å². The van der Waals surface area contributed by atoms with Crippen LogP contribution < -0.4 is 0 Å². The zero-order valence-electron chi connectivity index (χ0n) is 5.18. The van der Waals surface area contributed by atoms with Crippen molar-refractivity contribution in [3.8, 4) is 0 Å². The van der Waals surface area contributed by atoms with Crippen LogP contribution in [0.2, 0.25) is 0 Å². The Hall–Kier alpha value is 1.30. The zero-order chi connectivity index (χ0) is 4.28. The van der Waals surface area contributed by atoms with E-state index in [2.05, 4.69) is 0 Å². The van der Waals surface area contributed by atoms with E-state index >= 15 is 0 Å². The van der Waals surface area contributed by atoms with Crippen LogP contribution in [-0.4, -0.2) is 45.8 Å². The molecule has 1 atom stereocenters. The van der Waals surface area contributed by atoms with E-state index in [1.807, 2.05) is 0 Å². The molecule has 49 valence electrons. The van der Waals surface area contributed by atoms with Gasteiger partial charge in [-0.1, -0.05) is 0 Å². The fraction of sp³-hybridized carbons (Fsp3) is 1.00. The first-order valence-electron chi connectivity index (χ1n) is 1.56. The van der Waals surface area contributed by atoms with Gasteiger partial charge < -0.3 is 15.7 Å². The van der Waals surface area contributed by atoms with E-state index in [4.69, 9.17) is 10.2 Å². The van der Waals surface area contributed by atoms with E-state index in [0.717, 1.165) is 0 Å². The average molecular weight is 214 g/mol. The summed E-state index contributed by atoms with van der Waals surface area (Å²) in [5.74, 6) is 0. The normalized spacial score (nSPS) is 9.38. The van der Waals surface area contributed by atoms with Gasteiger partial charge in [-0.15, -0.1) is 0 Å². The van der Waals surface area contributed by atoms with Crippen LogP contribution in [0.1, 0.15) is 6.92 Å². The number of rotatable bonds is 1. The molecule has 0 aromatic rings. The maximum Gasteiger partial charge on any atom is 0.146 e. The molecular formula is C3H12AlO3Zr. The summed E-state index contributed by atoms with van der Waals surface area (Å²) in [6.45, 7) is 1.39. The number of aliphatic hydroxyl groups is 2. The zero-order valence-corrected chi connectivity index (χ0v) is 9.64. The minimum absolute atomic E-state index is 0. The molecule has 3 nitrogen and oxygen atoms in total. The summed E-state index contributed by atoms with van der Waals surface area (Å²) < 4.78 is 0. The topological polar surface area (TPSA) is 72.0 Å². The monoisotopic (exact) mass is 213 g/mol. The van der Waals surface area contributed by atoms with E-state index < -0.39 is 6.10 Å². The summed E-state index contributed by atoms with van der Waals surface area (Å²) in [7, 11) is 0. The van der Waals surface area contributed by atoms with Crippen LogP contribution in [0, 0.1) is 0 Å². The molecule has 0 fully saturated rings. The first kappa shape index (κ1) is 22.8. The van der Waals surface area contributed by atoms with Crippen LogP contribution in [0.5, 0.6) is 0 Å². The molecule has 1 radical (unpaired) electrons. The van der Waals surface area contributed by atoms with Crippen molar-refractivity contribution >= 4 is 17.4 Å². The SMILES string of the molecule is CC(O)CO.O.[AlH2].[Zr]. The van der Waals surface area contributed by atoms with Gasteiger partial charge >= 0.3 is 0 Å². The Kier molecular flexibility index (Phi) is 44.9. The molecule has 0 bridgehead atoms. The summed E-state index contributed by atoms with van der Waals surface area (Å²) in [6.07, 6.45) is -0.560. The number of hydrogen-bond donors (Lipinski definition) is 2. The second-order valence-electron chi connectivity index (χ2n) is 1.03. The van der Waals surface area contributed by atoms with Crippen LogP contribution in [0.3, 0.4) is 0 Å². The van der Waals surface area contributed by atoms with Crippen molar-refractivity contribution < 1.29 is 41.9 Å². The second kappa shape index (κ2) is 15.7. The molecule has 5 heteroatoms. The Balaban J connectivity index is -0.0000000267. The van der Waals surface area contributed by atoms with E-state index in [-0.39, 0.29) is 55.6 Å². The minimum Gasteiger partial charge on any atom is -0.412 e. The van der Waals surface area contributed by atoms with Crippen molar-refractivity contribution in [3.63, 3.8) is 0 Å². The third-order valence-electron chi connectivity index (χ3n) is 0.264. The summed E-state index contributed by atoms with van der Waals surface area (Å²) in [6, 6.07) is 0. The van der Waals surface area contributed by atoms with Crippen LogP contribution >= 0.6 is 0 Å². The van der Waals surface area contributed by atoms with Gasteiger partial charge in [0.25, 0.3) is 0 Å². The van der Waals surface area contributed by atoms with Gasteiger partial charge in [0.1, 0.15) is 17.4 Å². The van der Waals surface area contributed by atoms with Gasteiger partial charge in [0.15, 0.2) is 0 Å². The molecule has 0 saturated heterocycles. The summed E-state index contributed by atoms with van der Waals surface area (Å²) in [5, 5.41) is 16.0. The van der Waals surface area contributed by atoms with Crippen LogP contribution in [0.25, 0.3) is 0 Å². The van der Waals surface area contributed by atoms with Gasteiger partial charge in [-0.3, -0.25) is 0 Å². The van der Waals surface area contributed by atoms with E-state index in [9.17, 15) is 0 Å². The molecule has 0 saturated carbocycles. The molecule has 0 heterocycles. The van der Waals surface area contributed by atoms with Crippen LogP contribution in [0.4, 0.5) is 0 Å². The van der Waals surface area contributed by atoms with Gasteiger partial charge in [0, 0.05) is 26.2 Å². The molecule has 0 aromatic carbocycles. The Morgan fingerprint density at radius 1 is 1.50 bits per heavy atom. The van der Waals surface area contributed by atoms with Crippen molar-refractivity contribution in [3.05, 3.63) is 0 Å². The van der Waals surface area contributed by atoms with Gasteiger partial charge in [0.2, 0.25) is 0 Å². The van der Waals surface area contributed by atoms with Crippen LogP contribution in [0.15, 0.2) is 0 Å². The molecule has 0 aromatic heterocycles. The molecule has 0 rings (SSSR count). The maximum atomic E-state index is 8.11. The number of aliphatic hydroxyl groups excluding tert-OH is 2. The summed E-state index contributed by atoms with van der Waals surface area (Å²) >= 11 is 0. The molecule has 0 aliphatic carbocycles. The van der Waals surface area contributed by atoms with Crippen molar-refractivity contribution in [1.82, 2.24) is 0 Å². The Morgan fingerprint density at radius 3 is 1.62 bits per heavy atom. The second-order valence-corrected chi connectivity index (χ2v) is 1.03. The smallest absolute Gasteiger partial charge is 0.146 e. The predicted molar refractivity (Wildman–Crippen MR) is 30.9 cm³/mol. The van der Waals surface area contributed by atoms with E-state index in [1.54, 1.807) is 0 Å². The standard InChI is InChI=1S/C3H8O2.Al.H2O.Zr.2H/c1-3(5)2-4;;;;;/h3-5H,2H2,1H3;;1H2;;;. The quantitative estimate of drug-likeness (QED) is 0.478. The molecule has 0 aliphatic rings. The van der Waals surface area contributed by atoms with Gasteiger partial charge in [0.05, 0.1) is 12.7 Å². The Labute approximate surface area is 78.7 Å². The third kappa shape index (κ3) is 26.6.